The summed E-state index contributed by atoms with van der Waals surface area (Å²) in [5, 5.41) is 0. The number of aromatic nitrogens is 8. The van der Waals surface area contributed by atoms with Gasteiger partial charge >= 0.3 is 0 Å². The molecule has 8 nitrogen and oxygen atoms in total. The molecule has 6 heterocycles. The van der Waals surface area contributed by atoms with Crippen molar-refractivity contribution in [1.29, 1.82) is 0 Å². The summed E-state index contributed by atoms with van der Waals surface area (Å²) in [5.74, 6) is 3.23. The molecule has 0 spiro atoms. The molecule has 420 valence electrons. The summed E-state index contributed by atoms with van der Waals surface area (Å²) in [4.78, 5) is 33.2. The molecule has 6 unspecified atom stereocenters. The van der Waals surface area contributed by atoms with Gasteiger partial charge in [0.15, 0.2) is 0 Å². The minimum Gasteiger partial charge on any atom is -0.264 e. The smallest absolute Gasteiger partial charge is 0.116 e. The molecule has 0 amide bonds. The third-order valence-corrected chi connectivity index (χ3v) is 14.1. The van der Waals surface area contributed by atoms with Crippen LogP contribution in [0.2, 0.25) is 0 Å². The van der Waals surface area contributed by atoms with Gasteiger partial charge in [0.05, 0.1) is 22.8 Å². The van der Waals surface area contributed by atoms with Crippen LogP contribution in [-0.4, -0.2) is 39.9 Å². The molecule has 0 N–H and O–H groups in total. The van der Waals surface area contributed by atoms with E-state index in [0.717, 1.165) is 17.1 Å². The van der Waals surface area contributed by atoms with E-state index in [4.69, 9.17) is 0 Å². The Morgan fingerprint density at radius 1 is 0.282 bits per heavy atom. The molecule has 0 aliphatic heterocycles. The van der Waals surface area contributed by atoms with Crippen molar-refractivity contribution in [2.45, 2.75) is 202 Å². The van der Waals surface area contributed by atoms with E-state index in [2.05, 4.69) is 184 Å². The first-order valence-corrected chi connectivity index (χ1v) is 29.2. The molecular weight excluding hydrogens is 953 g/mol. The second kappa shape index (κ2) is 37.1. The maximum Gasteiger partial charge on any atom is 0.116 e. The van der Waals surface area contributed by atoms with Crippen LogP contribution in [0.15, 0.2) is 132 Å². The van der Waals surface area contributed by atoms with Crippen LogP contribution in [0.3, 0.4) is 0 Å². The van der Waals surface area contributed by atoms with E-state index >= 15 is 0 Å². The van der Waals surface area contributed by atoms with Crippen molar-refractivity contribution in [3.05, 3.63) is 199 Å². The van der Waals surface area contributed by atoms with Crippen molar-refractivity contribution in [3.8, 4) is 0 Å². The van der Waals surface area contributed by atoms with E-state index in [1.807, 2.05) is 145 Å². The van der Waals surface area contributed by atoms with E-state index in [0.29, 0.717) is 35.5 Å². The number of rotatable bonds is 0. The van der Waals surface area contributed by atoms with Crippen LogP contribution < -0.4 is 0 Å². The molecule has 8 heteroatoms. The molecule has 0 saturated heterocycles. The van der Waals surface area contributed by atoms with Gasteiger partial charge in [-0.2, -0.15) is 0 Å². The Labute approximate surface area is 475 Å². The predicted molar refractivity (Wildman–Crippen MR) is 341 cm³/mol. The van der Waals surface area contributed by atoms with E-state index in [1.165, 1.54) is 83.6 Å². The highest BCUT2D eigenvalue weighted by molar-refractivity contribution is 5.67. The first-order chi connectivity index (χ1) is 37.7. The summed E-state index contributed by atoms with van der Waals surface area (Å²) in [7, 11) is 0. The number of allylic oxidation sites excluding steroid dienone is 6. The van der Waals surface area contributed by atoms with Gasteiger partial charge in [0.25, 0.3) is 0 Å². The SMILES string of the molecule is CC.CC.CC.CC.CC.CC.CC1=Cc2cccnc2C1C.CC1=Cc2ccncc2C1C.CC1=Cc2cnccc2C1C.CC1=Cc2cncnc2C1C.CC1=Cc2ncccc2C1C.CC1=Cc2ncncc2C1C. The highest BCUT2D eigenvalue weighted by atomic mass is 14.8. The van der Waals surface area contributed by atoms with Crippen LogP contribution in [0.5, 0.6) is 0 Å². The second-order valence-corrected chi connectivity index (χ2v) is 18.4. The van der Waals surface area contributed by atoms with Crippen molar-refractivity contribution in [3.63, 3.8) is 0 Å². The molecule has 0 saturated carbocycles. The minimum absolute atomic E-state index is 0.480. The summed E-state index contributed by atoms with van der Waals surface area (Å²) in [6.45, 7) is 50.2. The number of pyridine rings is 4. The molecule has 0 aromatic carbocycles. The van der Waals surface area contributed by atoms with Crippen LogP contribution in [0, 0.1) is 0 Å². The average molecular weight is 1050 g/mol. The van der Waals surface area contributed by atoms with E-state index in [1.54, 1.807) is 12.7 Å². The molecule has 6 aromatic rings. The zero-order chi connectivity index (χ0) is 59.1. The highest BCUT2D eigenvalue weighted by Crippen LogP contribution is 2.37. The monoisotopic (exact) mass is 1050 g/mol. The molecule has 6 aliphatic rings. The lowest BCUT2D eigenvalue weighted by molar-refractivity contribution is 0.863. The van der Waals surface area contributed by atoms with E-state index in [-0.39, 0.29) is 0 Å². The van der Waals surface area contributed by atoms with Gasteiger partial charge in [0.1, 0.15) is 12.7 Å². The summed E-state index contributed by atoms with van der Waals surface area (Å²) >= 11 is 0. The Morgan fingerprint density at radius 2 is 0.679 bits per heavy atom. The van der Waals surface area contributed by atoms with Gasteiger partial charge in [0.2, 0.25) is 0 Å². The van der Waals surface area contributed by atoms with Crippen molar-refractivity contribution < 1.29 is 0 Å². The summed E-state index contributed by atoms with van der Waals surface area (Å²) in [6, 6.07) is 12.4. The van der Waals surface area contributed by atoms with Crippen LogP contribution in [0.1, 0.15) is 269 Å². The Morgan fingerprint density at radius 3 is 1.23 bits per heavy atom. The number of hydrogen-bond donors (Lipinski definition) is 0. The lowest BCUT2D eigenvalue weighted by Crippen LogP contribution is -1.94. The topological polar surface area (TPSA) is 103 Å². The van der Waals surface area contributed by atoms with Crippen molar-refractivity contribution in [2.24, 2.45) is 0 Å². The minimum atomic E-state index is 0.480. The lowest BCUT2D eigenvalue weighted by Gasteiger charge is -2.05. The van der Waals surface area contributed by atoms with Crippen molar-refractivity contribution in [2.75, 3.05) is 0 Å². The van der Waals surface area contributed by atoms with Crippen LogP contribution in [0.25, 0.3) is 36.5 Å². The van der Waals surface area contributed by atoms with Gasteiger partial charge in [-0.15, -0.1) is 0 Å². The molecule has 0 fully saturated rings. The molecule has 0 bridgehead atoms. The maximum absolute atomic E-state index is 4.34. The number of fused-ring (bicyclic) bond motifs is 6. The van der Waals surface area contributed by atoms with Crippen LogP contribution in [0.4, 0.5) is 0 Å². The Balaban J connectivity index is 0.000000450. The van der Waals surface area contributed by atoms with Crippen molar-refractivity contribution in [1.82, 2.24) is 39.9 Å². The van der Waals surface area contributed by atoms with Gasteiger partial charge in [-0.3, -0.25) is 19.9 Å². The zero-order valence-electron chi connectivity index (χ0n) is 52.7. The van der Waals surface area contributed by atoms with Gasteiger partial charge in [-0.1, -0.05) is 195 Å². The van der Waals surface area contributed by atoms with Crippen LogP contribution in [-0.2, 0) is 0 Å². The molecule has 6 aromatic heterocycles. The third kappa shape index (κ3) is 18.7. The van der Waals surface area contributed by atoms with Gasteiger partial charge in [0, 0.05) is 96.2 Å². The lowest BCUT2D eigenvalue weighted by atomic mass is 10.0. The fourth-order valence-electron chi connectivity index (χ4n) is 8.88. The summed E-state index contributed by atoms with van der Waals surface area (Å²) in [5.41, 5.74) is 23.6. The highest BCUT2D eigenvalue weighted by Gasteiger charge is 2.22. The quantitative estimate of drug-likeness (QED) is 0.148. The molecule has 6 aliphatic carbocycles. The summed E-state index contributed by atoms with van der Waals surface area (Å²) in [6.07, 6.45) is 31.4. The molecular formula is C70H100N8. The van der Waals surface area contributed by atoms with Crippen LogP contribution >= 0.6 is 0 Å². The Bertz CT molecular complexity index is 2390. The largest absolute Gasteiger partial charge is 0.264 e. The summed E-state index contributed by atoms with van der Waals surface area (Å²) < 4.78 is 0. The Hall–Kier alpha value is -6.80. The van der Waals surface area contributed by atoms with Crippen molar-refractivity contribution >= 4 is 36.5 Å². The fourth-order valence-corrected chi connectivity index (χ4v) is 8.88. The first-order valence-electron chi connectivity index (χ1n) is 29.2. The number of hydrogen-bond acceptors (Lipinski definition) is 8. The van der Waals surface area contributed by atoms with E-state index < -0.39 is 0 Å². The van der Waals surface area contributed by atoms with Gasteiger partial charge in [-0.25, -0.2) is 19.9 Å². The standard InChI is InChI=1S/4C10H11N.2C9H10N2.6C2H6/c1-7-5-9-6-11-4-3-10(9)8(7)2;1-7-5-9-3-4-11-6-10(9)8(7)2;1-7-6-10-9(8(7)2)4-3-5-11-10;1-7-6-9-4-3-5-11-10(9)8(7)2;1-6-3-9-8(7(6)2)4-10-5-11-9;1-6-3-8-4-10-5-11-9(8)7(6)2;6*1-2/h4*3-6,8H,1-2H3;2*3-5,7H,1-2H3;6*1-2H3. The first kappa shape index (κ1) is 69.2. The maximum atomic E-state index is 4.34. The number of nitrogens with zero attached hydrogens (tertiary/aromatic N) is 8. The van der Waals surface area contributed by atoms with Gasteiger partial charge < -0.3 is 0 Å². The Kier molecular flexibility index (Phi) is 32.9. The normalized spacial score (nSPS) is 18.5. The third-order valence-electron chi connectivity index (χ3n) is 14.1. The fraction of sp³-hybridized carbons (Fsp3) is 0.429. The van der Waals surface area contributed by atoms with Gasteiger partial charge in [-0.05, 0) is 111 Å². The second-order valence-electron chi connectivity index (χ2n) is 18.4. The van der Waals surface area contributed by atoms with E-state index in [9.17, 15) is 0 Å². The molecule has 6 atom stereocenters. The predicted octanol–water partition coefficient (Wildman–Crippen LogP) is 20.6. The average Bonchev–Trinajstić information content (AvgIpc) is 4.30. The molecule has 0 radical (unpaired) electrons. The zero-order valence-corrected chi connectivity index (χ0v) is 52.7. The molecule has 78 heavy (non-hydrogen) atoms. The molecule has 12 rings (SSSR count).